The highest BCUT2D eigenvalue weighted by Crippen LogP contribution is 2.29. The lowest BCUT2D eigenvalue weighted by Gasteiger charge is -2.34. The first-order chi connectivity index (χ1) is 10.6. The van der Waals surface area contributed by atoms with Gasteiger partial charge in [0.25, 0.3) is 0 Å². The first-order valence-corrected chi connectivity index (χ1v) is 8.60. The predicted molar refractivity (Wildman–Crippen MR) is 83.5 cm³/mol. The van der Waals surface area contributed by atoms with E-state index in [-0.39, 0.29) is 17.9 Å². The Hall–Kier alpha value is -1.54. The molecule has 2 amide bonds. The van der Waals surface area contributed by atoms with Gasteiger partial charge in [-0.3, -0.25) is 19.8 Å². The molecular formula is C14H21N5O2S. The van der Waals surface area contributed by atoms with E-state index in [0.29, 0.717) is 17.7 Å². The van der Waals surface area contributed by atoms with E-state index in [4.69, 9.17) is 0 Å². The molecule has 0 bridgehead atoms. The van der Waals surface area contributed by atoms with Crippen molar-refractivity contribution in [3.63, 3.8) is 0 Å². The summed E-state index contributed by atoms with van der Waals surface area (Å²) in [6.45, 7) is 3.75. The SMILES string of the molecule is CC(=O)N1CCC[C@@H]1[C@H]1CCCN1CC(=O)Nc1nncs1. The monoisotopic (exact) mass is 323 g/mol. The van der Waals surface area contributed by atoms with E-state index in [1.54, 1.807) is 12.4 Å². The van der Waals surface area contributed by atoms with Crippen LogP contribution in [0.4, 0.5) is 5.13 Å². The fraction of sp³-hybridized carbons (Fsp3) is 0.714. The third-order valence-electron chi connectivity index (χ3n) is 4.52. The van der Waals surface area contributed by atoms with Crippen LogP contribution < -0.4 is 5.32 Å². The number of nitrogens with zero attached hydrogens (tertiary/aromatic N) is 4. The molecule has 1 aromatic heterocycles. The molecule has 0 saturated carbocycles. The summed E-state index contributed by atoms with van der Waals surface area (Å²) >= 11 is 1.31. The van der Waals surface area contributed by atoms with Crippen molar-refractivity contribution in [3.8, 4) is 0 Å². The maximum absolute atomic E-state index is 12.1. The summed E-state index contributed by atoms with van der Waals surface area (Å²) in [6, 6.07) is 0.556. The van der Waals surface area contributed by atoms with Crippen LogP contribution >= 0.6 is 11.3 Å². The topological polar surface area (TPSA) is 78.4 Å². The Morgan fingerprint density at radius 3 is 2.82 bits per heavy atom. The first kappa shape index (κ1) is 15.4. The van der Waals surface area contributed by atoms with Crippen LogP contribution in [0, 0.1) is 0 Å². The lowest BCUT2D eigenvalue weighted by molar-refractivity contribution is -0.130. The zero-order valence-electron chi connectivity index (χ0n) is 12.7. The minimum Gasteiger partial charge on any atom is -0.338 e. The minimum atomic E-state index is -0.0592. The van der Waals surface area contributed by atoms with Gasteiger partial charge in [-0.15, -0.1) is 10.2 Å². The molecule has 120 valence electrons. The molecular weight excluding hydrogens is 302 g/mol. The molecule has 1 N–H and O–H groups in total. The van der Waals surface area contributed by atoms with Crippen LogP contribution in [0.5, 0.6) is 0 Å². The number of anilines is 1. The van der Waals surface area contributed by atoms with Crippen molar-refractivity contribution in [1.82, 2.24) is 20.0 Å². The van der Waals surface area contributed by atoms with Crippen LogP contribution in [0.3, 0.4) is 0 Å². The molecule has 8 heteroatoms. The van der Waals surface area contributed by atoms with Crippen molar-refractivity contribution >= 4 is 28.3 Å². The zero-order valence-corrected chi connectivity index (χ0v) is 13.5. The number of likely N-dealkylation sites (tertiary alicyclic amines) is 2. The number of amides is 2. The summed E-state index contributed by atoms with van der Waals surface area (Å²) in [5, 5.41) is 10.8. The van der Waals surface area contributed by atoms with Crippen LogP contribution in [0.2, 0.25) is 0 Å². The van der Waals surface area contributed by atoms with E-state index in [1.165, 1.54) is 11.3 Å². The van der Waals surface area contributed by atoms with E-state index >= 15 is 0 Å². The van der Waals surface area contributed by atoms with Crippen LogP contribution in [0.1, 0.15) is 32.6 Å². The van der Waals surface area contributed by atoms with Crippen molar-refractivity contribution in [2.45, 2.75) is 44.7 Å². The van der Waals surface area contributed by atoms with E-state index in [0.717, 1.165) is 38.8 Å². The van der Waals surface area contributed by atoms with Gasteiger partial charge >= 0.3 is 0 Å². The van der Waals surface area contributed by atoms with Gasteiger partial charge < -0.3 is 4.90 Å². The maximum atomic E-state index is 12.1. The Bertz CT molecular complexity index is 535. The van der Waals surface area contributed by atoms with E-state index in [1.807, 2.05) is 4.90 Å². The summed E-state index contributed by atoms with van der Waals surface area (Å²) in [4.78, 5) is 28.1. The van der Waals surface area contributed by atoms with Crippen molar-refractivity contribution in [3.05, 3.63) is 5.51 Å². The maximum Gasteiger partial charge on any atom is 0.240 e. The van der Waals surface area contributed by atoms with Gasteiger partial charge in [0.1, 0.15) is 5.51 Å². The highest BCUT2D eigenvalue weighted by molar-refractivity contribution is 7.13. The molecule has 2 aliphatic heterocycles. The number of hydrogen-bond acceptors (Lipinski definition) is 6. The van der Waals surface area contributed by atoms with Crippen molar-refractivity contribution < 1.29 is 9.59 Å². The molecule has 22 heavy (non-hydrogen) atoms. The largest absolute Gasteiger partial charge is 0.338 e. The van der Waals surface area contributed by atoms with Crippen molar-refractivity contribution in [1.29, 1.82) is 0 Å². The van der Waals surface area contributed by atoms with E-state index in [9.17, 15) is 9.59 Å². The summed E-state index contributed by atoms with van der Waals surface area (Å²) in [6.07, 6.45) is 4.24. The molecule has 3 rings (SSSR count). The number of hydrogen-bond donors (Lipinski definition) is 1. The number of rotatable bonds is 4. The molecule has 3 heterocycles. The Kier molecular flexibility index (Phi) is 4.68. The number of carbonyl (C=O) groups excluding carboxylic acids is 2. The lowest BCUT2D eigenvalue weighted by atomic mass is 10.0. The molecule has 2 fully saturated rings. The second-order valence-corrected chi connectivity index (χ2v) is 6.73. The second kappa shape index (κ2) is 6.70. The molecule has 0 spiro atoms. The normalized spacial score (nSPS) is 25.6. The summed E-state index contributed by atoms with van der Waals surface area (Å²) in [5.74, 6) is 0.0867. The molecule has 0 radical (unpaired) electrons. The van der Waals surface area contributed by atoms with Crippen molar-refractivity contribution in [2.75, 3.05) is 25.0 Å². The van der Waals surface area contributed by atoms with Gasteiger partial charge in [-0.1, -0.05) is 11.3 Å². The van der Waals surface area contributed by atoms with E-state index < -0.39 is 0 Å². The Morgan fingerprint density at radius 2 is 2.09 bits per heavy atom. The van der Waals surface area contributed by atoms with Crippen LogP contribution in [-0.2, 0) is 9.59 Å². The number of aromatic nitrogens is 2. The minimum absolute atomic E-state index is 0.0592. The summed E-state index contributed by atoms with van der Waals surface area (Å²) in [5.41, 5.74) is 1.59. The molecule has 0 unspecified atom stereocenters. The van der Waals surface area contributed by atoms with Gasteiger partial charge in [0.2, 0.25) is 16.9 Å². The molecule has 1 aromatic rings. The van der Waals surface area contributed by atoms with Gasteiger partial charge in [0.05, 0.1) is 6.54 Å². The predicted octanol–water partition coefficient (Wildman–Crippen LogP) is 0.952. The molecule has 2 aliphatic rings. The van der Waals surface area contributed by atoms with Crippen molar-refractivity contribution in [2.24, 2.45) is 0 Å². The van der Waals surface area contributed by atoms with Gasteiger partial charge in [-0.05, 0) is 32.2 Å². The molecule has 2 atom stereocenters. The molecule has 0 aromatic carbocycles. The fourth-order valence-electron chi connectivity index (χ4n) is 3.64. The Labute approximate surface area is 133 Å². The summed E-state index contributed by atoms with van der Waals surface area (Å²) in [7, 11) is 0. The quantitative estimate of drug-likeness (QED) is 0.892. The van der Waals surface area contributed by atoms with Gasteiger partial charge in [0.15, 0.2) is 0 Å². The Morgan fingerprint density at radius 1 is 1.32 bits per heavy atom. The van der Waals surface area contributed by atoms with Gasteiger partial charge in [0, 0.05) is 25.6 Å². The third kappa shape index (κ3) is 3.27. The standard InChI is InChI=1S/C14H21N5O2S/c1-10(20)19-7-3-5-12(19)11-4-2-6-18(11)8-13(21)16-14-17-15-9-22-14/h9,11-12H,2-8H2,1H3,(H,16,17,21)/t11-,12-/m1/s1. The second-order valence-electron chi connectivity index (χ2n) is 5.89. The van der Waals surface area contributed by atoms with Crippen LogP contribution in [0.25, 0.3) is 0 Å². The highest BCUT2D eigenvalue weighted by Gasteiger charge is 2.39. The molecule has 0 aliphatic carbocycles. The summed E-state index contributed by atoms with van der Waals surface area (Å²) < 4.78 is 0. The van der Waals surface area contributed by atoms with Crippen LogP contribution in [-0.4, -0.2) is 63.5 Å². The molecule has 7 nitrogen and oxygen atoms in total. The molecule has 2 saturated heterocycles. The third-order valence-corrected chi connectivity index (χ3v) is 5.12. The van der Waals surface area contributed by atoms with Gasteiger partial charge in [-0.25, -0.2) is 0 Å². The lowest BCUT2D eigenvalue weighted by Crippen LogP contribution is -2.49. The Balaban J connectivity index is 1.60. The average molecular weight is 323 g/mol. The number of nitrogens with one attached hydrogen (secondary N) is 1. The number of carbonyl (C=O) groups is 2. The van der Waals surface area contributed by atoms with E-state index in [2.05, 4.69) is 20.4 Å². The van der Waals surface area contributed by atoms with Crippen LogP contribution in [0.15, 0.2) is 5.51 Å². The first-order valence-electron chi connectivity index (χ1n) is 7.72. The fourth-order valence-corrected chi connectivity index (χ4v) is 4.10. The van der Waals surface area contributed by atoms with Gasteiger partial charge in [-0.2, -0.15) is 0 Å². The highest BCUT2D eigenvalue weighted by atomic mass is 32.1. The zero-order chi connectivity index (χ0) is 15.5. The average Bonchev–Trinajstić information content (AvgIpc) is 3.17. The smallest absolute Gasteiger partial charge is 0.240 e.